The quantitative estimate of drug-likeness (QED) is 0.861. The molecule has 0 aliphatic carbocycles. The number of nitrogens with one attached hydrogen (secondary N) is 1. The number of nitrogens with zero attached hydrogens (tertiary/aromatic N) is 1. The minimum Gasteiger partial charge on any atom is -0.350 e. The molecule has 2 rings (SSSR count). The highest BCUT2D eigenvalue weighted by atomic mass is 32.2. The van der Waals surface area contributed by atoms with Crippen molar-refractivity contribution in [2.45, 2.75) is 27.3 Å². The Morgan fingerprint density at radius 3 is 2.20 bits per heavy atom. The third-order valence-corrected chi connectivity index (χ3v) is 4.89. The lowest BCUT2D eigenvalue weighted by molar-refractivity contribution is -0.119. The fourth-order valence-corrected chi connectivity index (χ4v) is 3.54. The summed E-state index contributed by atoms with van der Waals surface area (Å²) in [4.78, 5) is 12.3. The molecule has 0 aliphatic rings. The predicted octanol–water partition coefficient (Wildman–Crippen LogP) is 2.69. The molecule has 134 valence electrons. The second-order valence-corrected chi connectivity index (χ2v) is 8.29. The predicted molar refractivity (Wildman–Crippen MR) is 101 cm³/mol. The molecule has 2 aromatic carbocycles. The van der Waals surface area contributed by atoms with Crippen LogP contribution in [0.5, 0.6) is 0 Å². The normalized spacial score (nSPS) is 11.2. The van der Waals surface area contributed by atoms with Gasteiger partial charge in [-0.2, -0.15) is 0 Å². The smallest absolute Gasteiger partial charge is 0.241 e. The van der Waals surface area contributed by atoms with Crippen LogP contribution in [0.4, 0.5) is 5.69 Å². The first-order valence-corrected chi connectivity index (χ1v) is 9.88. The monoisotopic (exact) mass is 360 g/mol. The summed E-state index contributed by atoms with van der Waals surface area (Å²) in [5.74, 6) is -0.342. The van der Waals surface area contributed by atoms with Gasteiger partial charge in [0.1, 0.15) is 6.54 Å². The zero-order chi connectivity index (χ0) is 18.6. The largest absolute Gasteiger partial charge is 0.350 e. The van der Waals surface area contributed by atoms with Gasteiger partial charge in [-0.3, -0.25) is 9.10 Å². The van der Waals surface area contributed by atoms with Crippen LogP contribution in [-0.4, -0.2) is 27.1 Å². The van der Waals surface area contributed by atoms with Crippen LogP contribution in [0.2, 0.25) is 0 Å². The summed E-state index contributed by atoms with van der Waals surface area (Å²) in [6, 6.07) is 13.3. The summed E-state index contributed by atoms with van der Waals surface area (Å²) in [5.41, 5.74) is 4.49. The van der Waals surface area contributed by atoms with Gasteiger partial charge in [0.05, 0.1) is 11.9 Å². The van der Waals surface area contributed by atoms with Crippen LogP contribution < -0.4 is 9.62 Å². The third-order valence-electron chi connectivity index (χ3n) is 3.75. The van der Waals surface area contributed by atoms with E-state index in [1.165, 1.54) is 0 Å². The number of carbonyl (C=O) groups is 1. The van der Waals surface area contributed by atoms with Gasteiger partial charge in [-0.05, 0) is 49.6 Å². The molecule has 1 N–H and O–H groups in total. The molecule has 0 fully saturated rings. The highest BCUT2D eigenvalue weighted by Crippen LogP contribution is 2.21. The second kappa shape index (κ2) is 7.70. The highest BCUT2D eigenvalue weighted by molar-refractivity contribution is 7.92. The summed E-state index contributed by atoms with van der Waals surface area (Å²) < 4.78 is 25.4. The molecule has 0 spiro atoms. The van der Waals surface area contributed by atoms with Crippen LogP contribution in [0.25, 0.3) is 0 Å². The Morgan fingerprint density at radius 1 is 1.00 bits per heavy atom. The van der Waals surface area contributed by atoms with Gasteiger partial charge in [-0.25, -0.2) is 8.42 Å². The number of benzene rings is 2. The van der Waals surface area contributed by atoms with Crippen molar-refractivity contribution < 1.29 is 13.2 Å². The van der Waals surface area contributed by atoms with Gasteiger partial charge in [0.25, 0.3) is 0 Å². The molecule has 0 bridgehead atoms. The van der Waals surface area contributed by atoms with Crippen molar-refractivity contribution in [3.05, 3.63) is 64.7 Å². The fraction of sp³-hybridized carbons (Fsp3) is 0.316. The lowest BCUT2D eigenvalue weighted by atomic mass is 10.1. The fourth-order valence-electron chi connectivity index (χ4n) is 2.70. The molecule has 0 heterocycles. The average Bonchev–Trinajstić information content (AvgIpc) is 2.48. The Bertz CT molecular complexity index is 856. The molecule has 0 atom stereocenters. The molecule has 0 radical (unpaired) electrons. The van der Waals surface area contributed by atoms with E-state index in [1.807, 2.05) is 51.1 Å². The van der Waals surface area contributed by atoms with Crippen molar-refractivity contribution in [2.24, 2.45) is 0 Å². The average molecular weight is 360 g/mol. The first-order valence-electron chi connectivity index (χ1n) is 8.03. The van der Waals surface area contributed by atoms with Gasteiger partial charge in [0, 0.05) is 6.54 Å². The van der Waals surface area contributed by atoms with E-state index in [0.29, 0.717) is 12.2 Å². The molecule has 1 amide bonds. The summed E-state index contributed by atoms with van der Waals surface area (Å²) in [7, 11) is -3.56. The molecule has 0 aliphatic heterocycles. The first-order chi connectivity index (χ1) is 11.6. The van der Waals surface area contributed by atoms with E-state index in [-0.39, 0.29) is 12.5 Å². The van der Waals surface area contributed by atoms with Crippen LogP contribution in [0, 0.1) is 20.8 Å². The van der Waals surface area contributed by atoms with Gasteiger partial charge in [-0.1, -0.05) is 35.9 Å². The van der Waals surface area contributed by atoms with Crippen LogP contribution in [0.1, 0.15) is 22.3 Å². The van der Waals surface area contributed by atoms with Crippen LogP contribution in [-0.2, 0) is 21.4 Å². The topological polar surface area (TPSA) is 66.5 Å². The third kappa shape index (κ3) is 5.60. The van der Waals surface area contributed by atoms with Crippen molar-refractivity contribution in [2.75, 3.05) is 17.1 Å². The molecule has 6 heteroatoms. The second-order valence-electron chi connectivity index (χ2n) is 6.38. The molecular formula is C19H24N2O3S. The molecule has 0 saturated heterocycles. The number of sulfonamides is 1. The highest BCUT2D eigenvalue weighted by Gasteiger charge is 2.21. The van der Waals surface area contributed by atoms with Gasteiger partial charge in [0.2, 0.25) is 15.9 Å². The van der Waals surface area contributed by atoms with E-state index in [9.17, 15) is 13.2 Å². The number of anilines is 1. The lowest BCUT2D eigenvalue weighted by Gasteiger charge is -2.23. The van der Waals surface area contributed by atoms with E-state index < -0.39 is 10.0 Å². The van der Waals surface area contributed by atoms with Crippen molar-refractivity contribution >= 4 is 21.6 Å². The van der Waals surface area contributed by atoms with Crippen molar-refractivity contribution in [1.29, 1.82) is 0 Å². The van der Waals surface area contributed by atoms with Crippen LogP contribution >= 0.6 is 0 Å². The molecule has 0 unspecified atom stereocenters. The molecular weight excluding hydrogens is 336 g/mol. The number of aryl methyl sites for hydroxylation is 3. The lowest BCUT2D eigenvalue weighted by Crippen LogP contribution is -2.40. The maximum atomic E-state index is 12.3. The van der Waals surface area contributed by atoms with Gasteiger partial charge >= 0.3 is 0 Å². The minimum absolute atomic E-state index is 0.243. The Morgan fingerprint density at radius 2 is 1.64 bits per heavy atom. The van der Waals surface area contributed by atoms with E-state index in [1.54, 1.807) is 12.1 Å². The number of amides is 1. The number of carbonyl (C=O) groups excluding carboxylic acids is 1. The standard InChI is InChI=1S/C19H24N2O3S/c1-14-6-5-7-17(9-14)12-20-19(22)13-21(25(4,23)24)18-10-15(2)8-16(3)11-18/h5-11H,12-13H2,1-4H3,(H,20,22). The van der Waals surface area contributed by atoms with Crippen LogP contribution in [0.15, 0.2) is 42.5 Å². The molecule has 2 aromatic rings. The van der Waals surface area contributed by atoms with Crippen molar-refractivity contribution in [1.82, 2.24) is 5.32 Å². The van der Waals surface area contributed by atoms with Crippen molar-refractivity contribution in [3.8, 4) is 0 Å². The number of hydrogen-bond donors (Lipinski definition) is 1. The Hall–Kier alpha value is -2.34. The molecule has 0 aromatic heterocycles. The molecule has 0 saturated carbocycles. The number of hydrogen-bond acceptors (Lipinski definition) is 3. The summed E-state index contributed by atoms with van der Waals surface area (Å²) in [6.07, 6.45) is 1.11. The minimum atomic E-state index is -3.56. The zero-order valence-corrected chi connectivity index (χ0v) is 15.9. The van der Waals surface area contributed by atoms with Crippen molar-refractivity contribution in [3.63, 3.8) is 0 Å². The summed E-state index contributed by atoms with van der Waals surface area (Å²) in [6.45, 7) is 5.90. The van der Waals surface area contributed by atoms with Crippen LogP contribution in [0.3, 0.4) is 0 Å². The maximum absolute atomic E-state index is 12.3. The van der Waals surface area contributed by atoms with E-state index in [2.05, 4.69) is 5.32 Å². The molecule has 5 nitrogen and oxygen atoms in total. The van der Waals surface area contributed by atoms with Gasteiger partial charge < -0.3 is 5.32 Å². The molecule has 25 heavy (non-hydrogen) atoms. The Kier molecular flexibility index (Phi) is 5.85. The van der Waals surface area contributed by atoms with Gasteiger partial charge in [0.15, 0.2) is 0 Å². The van der Waals surface area contributed by atoms with E-state index in [0.717, 1.165) is 32.8 Å². The first kappa shape index (κ1) is 19.0. The SMILES string of the molecule is Cc1cccc(CNC(=O)CN(c2cc(C)cc(C)c2)S(C)(=O)=O)c1. The Labute approximate surface area is 149 Å². The summed E-state index contributed by atoms with van der Waals surface area (Å²) >= 11 is 0. The maximum Gasteiger partial charge on any atom is 0.241 e. The zero-order valence-electron chi connectivity index (χ0n) is 15.0. The number of rotatable bonds is 6. The Balaban J connectivity index is 2.13. The van der Waals surface area contributed by atoms with E-state index in [4.69, 9.17) is 0 Å². The van der Waals surface area contributed by atoms with E-state index >= 15 is 0 Å². The van der Waals surface area contributed by atoms with Gasteiger partial charge in [-0.15, -0.1) is 0 Å². The summed E-state index contributed by atoms with van der Waals surface area (Å²) in [5, 5.41) is 2.78.